The van der Waals surface area contributed by atoms with Gasteiger partial charge >= 0.3 is 0 Å². The molecule has 3 N–H and O–H groups in total. The lowest BCUT2D eigenvalue weighted by Gasteiger charge is -2.14. The predicted octanol–water partition coefficient (Wildman–Crippen LogP) is 2.36. The molecule has 4 heteroatoms. The first-order valence-electron chi connectivity index (χ1n) is 5.29. The highest BCUT2D eigenvalue weighted by molar-refractivity contribution is 9.10. The van der Waals surface area contributed by atoms with Crippen LogP contribution < -0.4 is 11.1 Å². The number of carbonyl (C=O) groups excluding carboxylic acids is 1. The van der Waals surface area contributed by atoms with Gasteiger partial charge in [0, 0.05) is 23.0 Å². The minimum absolute atomic E-state index is 0.0116. The summed E-state index contributed by atoms with van der Waals surface area (Å²) in [4.78, 5) is 11.5. The SMILES string of the molecule is CC(C)NC(=O)CC(N)c1cccc(Br)c1. The van der Waals surface area contributed by atoms with Crippen molar-refractivity contribution >= 4 is 21.8 Å². The van der Waals surface area contributed by atoms with E-state index in [1.54, 1.807) is 0 Å². The minimum Gasteiger partial charge on any atom is -0.354 e. The van der Waals surface area contributed by atoms with E-state index in [0.29, 0.717) is 6.42 Å². The van der Waals surface area contributed by atoms with Crippen LogP contribution in [-0.4, -0.2) is 11.9 Å². The normalized spacial score (nSPS) is 12.6. The van der Waals surface area contributed by atoms with Crippen molar-refractivity contribution < 1.29 is 4.79 Å². The second-order valence-electron chi connectivity index (χ2n) is 4.09. The Labute approximate surface area is 105 Å². The predicted molar refractivity (Wildman–Crippen MR) is 69.0 cm³/mol. The van der Waals surface area contributed by atoms with Gasteiger partial charge in [-0.2, -0.15) is 0 Å². The van der Waals surface area contributed by atoms with Crippen LogP contribution in [0.3, 0.4) is 0 Å². The molecule has 3 nitrogen and oxygen atoms in total. The Morgan fingerprint density at radius 1 is 1.50 bits per heavy atom. The van der Waals surface area contributed by atoms with Gasteiger partial charge in [0.1, 0.15) is 0 Å². The Morgan fingerprint density at radius 2 is 2.19 bits per heavy atom. The van der Waals surface area contributed by atoms with Crippen molar-refractivity contribution in [3.63, 3.8) is 0 Å². The van der Waals surface area contributed by atoms with Crippen molar-refractivity contribution in [1.29, 1.82) is 0 Å². The smallest absolute Gasteiger partial charge is 0.222 e. The zero-order chi connectivity index (χ0) is 12.1. The van der Waals surface area contributed by atoms with Gasteiger partial charge in [-0.1, -0.05) is 28.1 Å². The maximum atomic E-state index is 11.5. The molecule has 16 heavy (non-hydrogen) atoms. The number of hydrogen-bond donors (Lipinski definition) is 2. The van der Waals surface area contributed by atoms with Crippen molar-refractivity contribution in [2.24, 2.45) is 5.73 Å². The first-order valence-corrected chi connectivity index (χ1v) is 6.08. The molecule has 1 aromatic rings. The van der Waals surface area contributed by atoms with Gasteiger partial charge in [0.2, 0.25) is 5.91 Å². The van der Waals surface area contributed by atoms with Crippen LogP contribution in [-0.2, 0) is 4.79 Å². The van der Waals surface area contributed by atoms with Gasteiger partial charge in [-0.3, -0.25) is 4.79 Å². The number of amides is 1. The fraction of sp³-hybridized carbons (Fsp3) is 0.417. The number of benzene rings is 1. The molecule has 0 heterocycles. The molecule has 88 valence electrons. The molecule has 1 atom stereocenters. The molecule has 0 saturated heterocycles. The average molecular weight is 285 g/mol. The summed E-state index contributed by atoms with van der Waals surface area (Å²) in [6.45, 7) is 3.87. The van der Waals surface area contributed by atoms with Gasteiger partial charge < -0.3 is 11.1 Å². The van der Waals surface area contributed by atoms with E-state index >= 15 is 0 Å². The Morgan fingerprint density at radius 3 is 2.75 bits per heavy atom. The van der Waals surface area contributed by atoms with E-state index in [0.717, 1.165) is 10.0 Å². The zero-order valence-electron chi connectivity index (χ0n) is 9.53. The molecule has 0 aliphatic carbocycles. The minimum atomic E-state index is -0.253. The number of rotatable bonds is 4. The fourth-order valence-corrected chi connectivity index (χ4v) is 1.85. The second kappa shape index (κ2) is 6.01. The highest BCUT2D eigenvalue weighted by Crippen LogP contribution is 2.18. The fourth-order valence-electron chi connectivity index (χ4n) is 1.44. The van der Waals surface area contributed by atoms with Gasteiger partial charge in [0.25, 0.3) is 0 Å². The van der Waals surface area contributed by atoms with E-state index in [1.165, 1.54) is 0 Å². The lowest BCUT2D eigenvalue weighted by molar-refractivity contribution is -0.121. The summed E-state index contributed by atoms with van der Waals surface area (Å²) in [6, 6.07) is 7.62. The summed E-state index contributed by atoms with van der Waals surface area (Å²) in [6.07, 6.45) is 0.314. The first kappa shape index (κ1) is 13.2. The molecule has 0 bridgehead atoms. The van der Waals surface area contributed by atoms with Crippen LogP contribution in [0.5, 0.6) is 0 Å². The van der Waals surface area contributed by atoms with E-state index in [-0.39, 0.29) is 18.0 Å². The van der Waals surface area contributed by atoms with Crippen molar-refractivity contribution in [1.82, 2.24) is 5.32 Å². The zero-order valence-corrected chi connectivity index (χ0v) is 11.1. The number of carbonyl (C=O) groups is 1. The molecule has 0 radical (unpaired) electrons. The first-order chi connectivity index (χ1) is 7.49. The molecule has 1 amide bonds. The highest BCUT2D eigenvalue weighted by Gasteiger charge is 2.12. The third-order valence-electron chi connectivity index (χ3n) is 2.13. The quantitative estimate of drug-likeness (QED) is 0.892. The summed E-state index contributed by atoms with van der Waals surface area (Å²) in [5, 5.41) is 2.83. The van der Waals surface area contributed by atoms with Gasteiger partial charge in [-0.15, -0.1) is 0 Å². The number of nitrogens with two attached hydrogens (primary N) is 1. The molecule has 0 aromatic heterocycles. The molecule has 0 spiro atoms. The molecule has 1 rings (SSSR count). The van der Waals surface area contributed by atoms with Crippen molar-refractivity contribution in [3.05, 3.63) is 34.3 Å². The van der Waals surface area contributed by atoms with E-state index in [2.05, 4.69) is 21.2 Å². The van der Waals surface area contributed by atoms with Crippen LogP contribution in [0.4, 0.5) is 0 Å². The molecule has 1 aromatic carbocycles. The van der Waals surface area contributed by atoms with Crippen LogP contribution in [0.15, 0.2) is 28.7 Å². The summed E-state index contributed by atoms with van der Waals surface area (Å²) in [5.41, 5.74) is 6.92. The average Bonchev–Trinajstić information content (AvgIpc) is 2.16. The van der Waals surface area contributed by atoms with Crippen LogP contribution in [0, 0.1) is 0 Å². The van der Waals surface area contributed by atoms with Crippen LogP contribution in [0.25, 0.3) is 0 Å². The van der Waals surface area contributed by atoms with E-state index in [4.69, 9.17) is 5.73 Å². The standard InChI is InChI=1S/C12H17BrN2O/c1-8(2)15-12(16)7-11(14)9-4-3-5-10(13)6-9/h3-6,8,11H,7,14H2,1-2H3,(H,15,16). The summed E-state index contributed by atoms with van der Waals surface area (Å²) < 4.78 is 0.977. The highest BCUT2D eigenvalue weighted by atomic mass is 79.9. The van der Waals surface area contributed by atoms with Crippen molar-refractivity contribution in [2.75, 3.05) is 0 Å². The number of hydrogen-bond acceptors (Lipinski definition) is 2. The van der Waals surface area contributed by atoms with Crippen LogP contribution >= 0.6 is 15.9 Å². The number of halogens is 1. The monoisotopic (exact) mass is 284 g/mol. The van der Waals surface area contributed by atoms with Crippen molar-refractivity contribution in [2.45, 2.75) is 32.4 Å². The Bertz CT molecular complexity index is 366. The molecule has 0 fully saturated rings. The summed E-state index contributed by atoms with van der Waals surface area (Å²) >= 11 is 3.38. The molecule has 0 aliphatic heterocycles. The largest absolute Gasteiger partial charge is 0.354 e. The maximum absolute atomic E-state index is 11.5. The van der Waals surface area contributed by atoms with Crippen LogP contribution in [0.1, 0.15) is 31.9 Å². The Balaban J connectivity index is 2.58. The molecule has 0 aliphatic rings. The third kappa shape index (κ3) is 4.33. The maximum Gasteiger partial charge on any atom is 0.222 e. The lowest BCUT2D eigenvalue weighted by atomic mass is 10.0. The number of nitrogens with one attached hydrogen (secondary N) is 1. The summed E-state index contributed by atoms with van der Waals surface area (Å²) in [7, 11) is 0. The lowest BCUT2D eigenvalue weighted by Crippen LogP contribution is -2.32. The molecular weight excluding hydrogens is 268 g/mol. The second-order valence-corrected chi connectivity index (χ2v) is 5.00. The topological polar surface area (TPSA) is 55.1 Å². The van der Waals surface area contributed by atoms with E-state index in [9.17, 15) is 4.79 Å². The Kier molecular flexibility index (Phi) is 4.96. The molecular formula is C12H17BrN2O. The van der Waals surface area contributed by atoms with E-state index in [1.807, 2.05) is 38.1 Å². The third-order valence-corrected chi connectivity index (χ3v) is 2.63. The van der Waals surface area contributed by atoms with Crippen molar-refractivity contribution in [3.8, 4) is 0 Å². The van der Waals surface area contributed by atoms with Crippen LogP contribution in [0.2, 0.25) is 0 Å². The van der Waals surface area contributed by atoms with Gasteiger partial charge in [-0.05, 0) is 31.5 Å². The van der Waals surface area contributed by atoms with Gasteiger partial charge in [-0.25, -0.2) is 0 Å². The Hall–Kier alpha value is -0.870. The van der Waals surface area contributed by atoms with E-state index < -0.39 is 0 Å². The van der Waals surface area contributed by atoms with Gasteiger partial charge in [0.05, 0.1) is 0 Å². The molecule has 1 unspecified atom stereocenters. The molecule has 0 saturated carbocycles. The summed E-state index contributed by atoms with van der Waals surface area (Å²) in [5.74, 6) is -0.0116. The van der Waals surface area contributed by atoms with Gasteiger partial charge in [0.15, 0.2) is 0 Å².